The number of rotatable bonds is 3. The highest BCUT2D eigenvalue weighted by Crippen LogP contribution is 2.37. The van der Waals surface area contributed by atoms with Gasteiger partial charge in [-0.25, -0.2) is 4.68 Å². The largest absolute Gasteiger partial charge is 0.380 e. The van der Waals surface area contributed by atoms with Gasteiger partial charge < -0.3 is 14.9 Å². The first-order valence-electron chi connectivity index (χ1n) is 10.3. The van der Waals surface area contributed by atoms with E-state index in [0.29, 0.717) is 44.6 Å². The molecule has 7 nitrogen and oxygen atoms in total. The third-order valence-corrected chi connectivity index (χ3v) is 6.11. The minimum absolute atomic E-state index is 0.0414. The highest BCUT2D eigenvalue weighted by atomic mass is 16.3. The van der Waals surface area contributed by atoms with Crippen molar-refractivity contribution in [1.82, 2.24) is 19.6 Å². The molecule has 1 aliphatic heterocycles. The minimum atomic E-state index is -1.14. The van der Waals surface area contributed by atoms with Crippen LogP contribution in [0.1, 0.15) is 28.9 Å². The van der Waals surface area contributed by atoms with Crippen molar-refractivity contribution in [1.29, 1.82) is 0 Å². The summed E-state index contributed by atoms with van der Waals surface area (Å²) in [5.41, 5.74) is 2.38. The predicted molar refractivity (Wildman–Crippen MR) is 112 cm³/mol. The summed E-state index contributed by atoms with van der Waals surface area (Å²) in [5, 5.41) is 15.8. The summed E-state index contributed by atoms with van der Waals surface area (Å²) in [6.45, 7) is 3.87. The third kappa shape index (κ3) is 3.15. The molecule has 3 aromatic rings. The number of aromatic nitrogens is 2. The fourth-order valence-corrected chi connectivity index (χ4v) is 4.09. The first-order valence-corrected chi connectivity index (χ1v) is 10.3. The Kier molecular flexibility index (Phi) is 4.36. The van der Waals surface area contributed by atoms with Gasteiger partial charge in [0, 0.05) is 37.1 Å². The Morgan fingerprint density at radius 2 is 1.57 bits per heavy atom. The average molecular weight is 404 g/mol. The number of para-hydroxylation sites is 1. The van der Waals surface area contributed by atoms with Gasteiger partial charge in [0.05, 0.1) is 16.9 Å². The summed E-state index contributed by atoms with van der Waals surface area (Å²) in [5.74, 6) is -0.235. The molecular formula is C23H24N4O3. The summed E-state index contributed by atoms with van der Waals surface area (Å²) in [4.78, 5) is 28.6. The van der Waals surface area contributed by atoms with Crippen molar-refractivity contribution >= 4 is 22.7 Å². The van der Waals surface area contributed by atoms with Crippen LogP contribution in [0.4, 0.5) is 0 Å². The fourth-order valence-electron chi connectivity index (χ4n) is 4.09. The van der Waals surface area contributed by atoms with Crippen LogP contribution in [0.5, 0.6) is 0 Å². The van der Waals surface area contributed by atoms with Gasteiger partial charge in [0.2, 0.25) is 0 Å². The molecule has 1 N–H and O–H groups in total. The number of fused-ring (bicyclic) bond motifs is 1. The van der Waals surface area contributed by atoms with Crippen molar-refractivity contribution in [3.63, 3.8) is 0 Å². The monoisotopic (exact) mass is 404 g/mol. The number of carbonyl (C=O) groups excluding carboxylic acids is 2. The van der Waals surface area contributed by atoms with E-state index >= 15 is 0 Å². The van der Waals surface area contributed by atoms with E-state index in [9.17, 15) is 14.7 Å². The molecule has 0 radical (unpaired) electrons. The Bertz CT molecular complexity index is 1120. The Morgan fingerprint density at radius 1 is 0.933 bits per heavy atom. The second-order valence-electron chi connectivity index (χ2n) is 8.18. The maximum atomic E-state index is 12.9. The number of nitrogens with zero attached hydrogens (tertiary/aromatic N) is 4. The van der Waals surface area contributed by atoms with Crippen molar-refractivity contribution in [2.45, 2.75) is 25.4 Å². The highest BCUT2D eigenvalue weighted by Gasteiger charge is 2.50. The quantitative estimate of drug-likeness (QED) is 0.726. The van der Waals surface area contributed by atoms with Gasteiger partial charge in [-0.1, -0.05) is 18.2 Å². The van der Waals surface area contributed by atoms with Crippen LogP contribution in [0.15, 0.2) is 48.5 Å². The minimum Gasteiger partial charge on any atom is -0.380 e. The van der Waals surface area contributed by atoms with Crippen molar-refractivity contribution < 1.29 is 14.7 Å². The highest BCUT2D eigenvalue weighted by molar-refractivity contribution is 5.95. The molecular weight excluding hydrogens is 380 g/mol. The van der Waals surface area contributed by atoms with Crippen LogP contribution in [0, 0.1) is 6.92 Å². The number of aliphatic hydroxyl groups is 1. The molecule has 1 aliphatic carbocycles. The standard InChI is InChI=1S/C23H24N4O3/c1-16-19-4-2-3-5-20(19)27(24-16)18-8-6-17(7-9-18)21(28)25-12-14-26(15-13-25)22(29)23(30)10-11-23/h2-9,30H,10-15H2,1H3. The molecule has 30 heavy (non-hydrogen) atoms. The Hall–Kier alpha value is -3.19. The van der Waals surface area contributed by atoms with Crippen LogP contribution in [0.3, 0.4) is 0 Å². The Balaban J connectivity index is 1.29. The van der Waals surface area contributed by atoms with Gasteiger partial charge in [-0.3, -0.25) is 9.59 Å². The van der Waals surface area contributed by atoms with Crippen LogP contribution in [-0.4, -0.2) is 68.3 Å². The maximum Gasteiger partial charge on any atom is 0.254 e. The van der Waals surface area contributed by atoms with Gasteiger partial charge in [-0.2, -0.15) is 5.10 Å². The first-order chi connectivity index (χ1) is 14.5. The molecule has 2 aromatic carbocycles. The molecule has 0 unspecified atom stereocenters. The average Bonchev–Trinajstić information content (AvgIpc) is 3.46. The Labute approximate surface area is 174 Å². The Morgan fingerprint density at radius 3 is 2.23 bits per heavy atom. The lowest BCUT2D eigenvalue weighted by molar-refractivity contribution is -0.143. The number of aryl methyl sites for hydroxylation is 1. The van der Waals surface area contributed by atoms with Gasteiger partial charge in [-0.05, 0) is 50.1 Å². The van der Waals surface area contributed by atoms with Crippen LogP contribution in [0.2, 0.25) is 0 Å². The third-order valence-electron chi connectivity index (χ3n) is 6.11. The molecule has 2 fully saturated rings. The van der Waals surface area contributed by atoms with Crippen LogP contribution in [0.25, 0.3) is 16.6 Å². The van der Waals surface area contributed by atoms with Crippen molar-refractivity contribution in [2.75, 3.05) is 26.2 Å². The molecule has 0 spiro atoms. The van der Waals surface area contributed by atoms with Gasteiger partial charge in [-0.15, -0.1) is 0 Å². The molecule has 2 heterocycles. The van der Waals surface area contributed by atoms with E-state index in [2.05, 4.69) is 11.2 Å². The smallest absolute Gasteiger partial charge is 0.254 e. The lowest BCUT2D eigenvalue weighted by Gasteiger charge is -2.35. The molecule has 1 saturated heterocycles. The number of amides is 2. The lowest BCUT2D eigenvalue weighted by atomic mass is 10.1. The number of benzene rings is 2. The number of carbonyl (C=O) groups is 2. The van der Waals surface area contributed by atoms with E-state index in [0.717, 1.165) is 22.3 Å². The molecule has 2 amide bonds. The summed E-state index contributed by atoms with van der Waals surface area (Å²) < 4.78 is 1.89. The number of hydrogen-bond donors (Lipinski definition) is 1. The zero-order valence-electron chi connectivity index (χ0n) is 16.9. The SMILES string of the molecule is Cc1nn(-c2ccc(C(=O)N3CCN(C(=O)C4(O)CC4)CC3)cc2)c2ccccc12. The van der Waals surface area contributed by atoms with E-state index in [-0.39, 0.29) is 11.8 Å². The van der Waals surface area contributed by atoms with Crippen molar-refractivity contribution in [2.24, 2.45) is 0 Å². The molecule has 1 saturated carbocycles. The zero-order chi connectivity index (χ0) is 20.9. The van der Waals surface area contributed by atoms with Crippen LogP contribution in [-0.2, 0) is 4.79 Å². The van der Waals surface area contributed by atoms with E-state index in [4.69, 9.17) is 0 Å². The van der Waals surface area contributed by atoms with Crippen LogP contribution >= 0.6 is 0 Å². The summed E-state index contributed by atoms with van der Waals surface area (Å²) in [6.07, 6.45) is 1.09. The molecule has 5 rings (SSSR count). The van der Waals surface area contributed by atoms with Gasteiger partial charge in [0.15, 0.2) is 0 Å². The summed E-state index contributed by atoms with van der Waals surface area (Å²) >= 11 is 0. The molecule has 7 heteroatoms. The van der Waals surface area contributed by atoms with Gasteiger partial charge in [0.1, 0.15) is 5.60 Å². The summed E-state index contributed by atoms with van der Waals surface area (Å²) in [7, 11) is 0. The van der Waals surface area contributed by atoms with E-state index in [1.54, 1.807) is 9.80 Å². The fraction of sp³-hybridized carbons (Fsp3) is 0.348. The lowest BCUT2D eigenvalue weighted by Crippen LogP contribution is -2.53. The zero-order valence-corrected chi connectivity index (χ0v) is 16.9. The molecule has 154 valence electrons. The predicted octanol–water partition coefficient (Wildman–Crippen LogP) is 2.14. The topological polar surface area (TPSA) is 78.7 Å². The molecule has 0 atom stereocenters. The second-order valence-corrected chi connectivity index (χ2v) is 8.18. The van der Waals surface area contributed by atoms with E-state index < -0.39 is 5.60 Å². The van der Waals surface area contributed by atoms with E-state index in [1.807, 2.05) is 54.1 Å². The normalized spacial score (nSPS) is 17.9. The van der Waals surface area contributed by atoms with Gasteiger partial charge in [0.25, 0.3) is 11.8 Å². The molecule has 0 bridgehead atoms. The van der Waals surface area contributed by atoms with Crippen LogP contribution < -0.4 is 0 Å². The van der Waals surface area contributed by atoms with Crippen molar-refractivity contribution in [3.8, 4) is 5.69 Å². The molecule has 1 aromatic heterocycles. The summed E-state index contributed by atoms with van der Waals surface area (Å²) in [6, 6.07) is 15.6. The number of hydrogen-bond acceptors (Lipinski definition) is 4. The second kappa shape index (κ2) is 6.95. The van der Waals surface area contributed by atoms with Crippen molar-refractivity contribution in [3.05, 3.63) is 59.8 Å². The van der Waals surface area contributed by atoms with E-state index in [1.165, 1.54) is 0 Å². The van der Waals surface area contributed by atoms with Gasteiger partial charge >= 0.3 is 0 Å². The first kappa shape index (κ1) is 18.8. The number of piperazine rings is 1. The molecule has 2 aliphatic rings. The maximum absolute atomic E-state index is 12.9.